The average Bonchev–Trinajstić information content (AvgIpc) is 3.17. The highest BCUT2D eigenvalue weighted by Crippen LogP contribution is 2.39. The first-order valence-corrected chi connectivity index (χ1v) is 9.25. The maximum Gasteiger partial charge on any atom is 0.113 e. The Bertz CT molecular complexity index is 463. The van der Waals surface area contributed by atoms with Gasteiger partial charge in [-0.2, -0.15) is 0 Å². The highest BCUT2D eigenvalue weighted by Gasteiger charge is 2.42. The molecule has 3 nitrogen and oxygen atoms in total. The smallest absolute Gasteiger partial charge is 0.113 e. The third kappa shape index (κ3) is 3.49. The van der Waals surface area contributed by atoms with Gasteiger partial charge in [0.05, 0.1) is 11.2 Å². The summed E-state index contributed by atoms with van der Waals surface area (Å²) in [5.41, 5.74) is 1.37. The highest BCUT2D eigenvalue weighted by atomic mass is 32.1. The fraction of sp³-hybridized carbons (Fsp3) is 0.824. The van der Waals surface area contributed by atoms with Crippen LogP contribution < -0.4 is 5.32 Å². The van der Waals surface area contributed by atoms with Gasteiger partial charge in [-0.25, -0.2) is 4.98 Å². The zero-order valence-corrected chi connectivity index (χ0v) is 14.7. The fourth-order valence-electron chi connectivity index (χ4n) is 3.35. The van der Waals surface area contributed by atoms with Crippen LogP contribution in [0, 0.1) is 19.8 Å². The van der Waals surface area contributed by atoms with E-state index >= 15 is 0 Å². The lowest BCUT2D eigenvalue weighted by Gasteiger charge is -2.42. The molecule has 1 saturated heterocycles. The summed E-state index contributed by atoms with van der Waals surface area (Å²) in [4.78, 5) is 8.92. The SMILES string of the molecule is Cc1nc(C2(NC3CC3)CCN(CC(C)C)CC2)sc1C. The maximum absolute atomic E-state index is 4.91. The van der Waals surface area contributed by atoms with E-state index in [2.05, 4.69) is 37.9 Å². The first-order valence-electron chi connectivity index (χ1n) is 8.43. The molecule has 0 bridgehead atoms. The molecule has 0 unspecified atom stereocenters. The van der Waals surface area contributed by atoms with Gasteiger partial charge in [-0.05, 0) is 45.4 Å². The third-order valence-corrected chi connectivity index (χ3v) is 6.11. The minimum atomic E-state index is 0.151. The van der Waals surface area contributed by atoms with Crippen LogP contribution in [0.2, 0.25) is 0 Å². The number of aryl methyl sites for hydroxylation is 2. The number of hydrogen-bond acceptors (Lipinski definition) is 4. The lowest BCUT2D eigenvalue weighted by molar-refractivity contribution is 0.121. The zero-order valence-electron chi connectivity index (χ0n) is 13.9. The Hall–Kier alpha value is -0.450. The minimum Gasteiger partial charge on any atom is -0.303 e. The van der Waals surface area contributed by atoms with Crippen molar-refractivity contribution in [2.24, 2.45) is 5.92 Å². The van der Waals surface area contributed by atoms with Gasteiger partial charge in [0, 0.05) is 30.6 Å². The zero-order chi connectivity index (χ0) is 15.0. The molecule has 0 radical (unpaired) electrons. The molecule has 2 heterocycles. The lowest BCUT2D eigenvalue weighted by atomic mass is 9.87. The largest absolute Gasteiger partial charge is 0.303 e. The van der Waals surface area contributed by atoms with Crippen molar-refractivity contribution in [2.75, 3.05) is 19.6 Å². The van der Waals surface area contributed by atoms with Gasteiger partial charge in [-0.1, -0.05) is 13.8 Å². The van der Waals surface area contributed by atoms with Crippen LogP contribution >= 0.6 is 11.3 Å². The van der Waals surface area contributed by atoms with E-state index in [-0.39, 0.29) is 5.54 Å². The van der Waals surface area contributed by atoms with Crippen molar-refractivity contribution in [2.45, 2.75) is 65.0 Å². The van der Waals surface area contributed by atoms with E-state index in [9.17, 15) is 0 Å². The molecule has 1 aliphatic carbocycles. The quantitative estimate of drug-likeness (QED) is 0.903. The predicted octanol–water partition coefficient (Wildman–Crippen LogP) is 3.46. The predicted molar refractivity (Wildman–Crippen MR) is 89.9 cm³/mol. The van der Waals surface area contributed by atoms with Crippen LogP contribution in [0.4, 0.5) is 0 Å². The molecule has 4 heteroatoms. The maximum atomic E-state index is 4.91. The lowest BCUT2D eigenvalue weighted by Crippen LogP contribution is -2.52. The number of hydrogen-bond donors (Lipinski definition) is 1. The number of thiazole rings is 1. The molecule has 118 valence electrons. The van der Waals surface area contributed by atoms with Gasteiger partial charge < -0.3 is 10.2 Å². The third-order valence-electron chi connectivity index (χ3n) is 4.83. The molecule has 0 spiro atoms. The molecule has 1 N–H and O–H groups in total. The van der Waals surface area contributed by atoms with E-state index in [0.717, 1.165) is 12.0 Å². The Morgan fingerprint density at radius 1 is 1.29 bits per heavy atom. The highest BCUT2D eigenvalue weighted by molar-refractivity contribution is 7.11. The van der Waals surface area contributed by atoms with E-state index in [4.69, 9.17) is 4.98 Å². The summed E-state index contributed by atoms with van der Waals surface area (Å²) < 4.78 is 0. The molecule has 1 aromatic heterocycles. The Kier molecular flexibility index (Phi) is 4.40. The van der Waals surface area contributed by atoms with Crippen LogP contribution in [-0.2, 0) is 5.54 Å². The number of likely N-dealkylation sites (tertiary alicyclic amines) is 1. The first kappa shape index (κ1) is 15.4. The molecule has 2 fully saturated rings. The summed E-state index contributed by atoms with van der Waals surface area (Å²) in [6.45, 7) is 12.6. The van der Waals surface area contributed by atoms with E-state index in [1.165, 1.54) is 60.9 Å². The number of rotatable bonds is 5. The molecule has 1 aliphatic heterocycles. The summed E-state index contributed by atoms with van der Waals surface area (Å²) >= 11 is 1.91. The van der Waals surface area contributed by atoms with Gasteiger partial charge >= 0.3 is 0 Å². The van der Waals surface area contributed by atoms with Crippen molar-refractivity contribution < 1.29 is 0 Å². The van der Waals surface area contributed by atoms with Gasteiger partial charge in [0.25, 0.3) is 0 Å². The molecule has 3 rings (SSSR count). The summed E-state index contributed by atoms with van der Waals surface area (Å²) in [6.07, 6.45) is 5.12. The molecule has 21 heavy (non-hydrogen) atoms. The summed E-state index contributed by atoms with van der Waals surface area (Å²) in [7, 11) is 0. The molecule has 2 aliphatic rings. The van der Waals surface area contributed by atoms with Crippen molar-refractivity contribution in [3.05, 3.63) is 15.6 Å². The van der Waals surface area contributed by atoms with Crippen LogP contribution in [0.3, 0.4) is 0 Å². The Balaban J connectivity index is 1.75. The van der Waals surface area contributed by atoms with Crippen LogP contribution in [-0.4, -0.2) is 35.6 Å². The van der Waals surface area contributed by atoms with Crippen LogP contribution in [0.15, 0.2) is 0 Å². The molecular weight excluding hydrogens is 278 g/mol. The van der Waals surface area contributed by atoms with Crippen molar-refractivity contribution in [3.63, 3.8) is 0 Å². The van der Waals surface area contributed by atoms with Crippen molar-refractivity contribution >= 4 is 11.3 Å². The van der Waals surface area contributed by atoms with E-state index in [0.29, 0.717) is 0 Å². The number of aromatic nitrogens is 1. The van der Waals surface area contributed by atoms with Gasteiger partial charge in [-0.3, -0.25) is 0 Å². The monoisotopic (exact) mass is 307 g/mol. The van der Waals surface area contributed by atoms with Crippen molar-refractivity contribution in [1.82, 2.24) is 15.2 Å². The molecule has 0 atom stereocenters. The van der Waals surface area contributed by atoms with E-state index in [1.54, 1.807) is 0 Å². The molecule has 1 aromatic rings. The minimum absolute atomic E-state index is 0.151. The van der Waals surface area contributed by atoms with Crippen molar-refractivity contribution in [3.8, 4) is 0 Å². The topological polar surface area (TPSA) is 28.2 Å². The van der Waals surface area contributed by atoms with E-state index in [1.807, 2.05) is 11.3 Å². The average molecular weight is 308 g/mol. The number of nitrogens with zero attached hydrogens (tertiary/aromatic N) is 2. The first-order chi connectivity index (χ1) is 9.98. The second-order valence-corrected chi connectivity index (χ2v) is 8.56. The van der Waals surface area contributed by atoms with Crippen LogP contribution in [0.25, 0.3) is 0 Å². The molecule has 0 amide bonds. The Morgan fingerprint density at radius 2 is 1.95 bits per heavy atom. The van der Waals surface area contributed by atoms with E-state index < -0.39 is 0 Å². The number of piperidine rings is 1. The van der Waals surface area contributed by atoms with Crippen molar-refractivity contribution in [1.29, 1.82) is 0 Å². The summed E-state index contributed by atoms with van der Waals surface area (Å²) in [5, 5.41) is 5.30. The van der Waals surface area contributed by atoms with Gasteiger partial charge in [-0.15, -0.1) is 11.3 Å². The molecule has 0 aromatic carbocycles. The van der Waals surface area contributed by atoms with Gasteiger partial charge in [0.15, 0.2) is 0 Å². The summed E-state index contributed by atoms with van der Waals surface area (Å²) in [6, 6.07) is 0.742. The van der Waals surface area contributed by atoms with Crippen LogP contribution in [0.1, 0.15) is 55.1 Å². The second kappa shape index (κ2) is 5.98. The fourth-order valence-corrected chi connectivity index (χ4v) is 4.47. The molecular formula is C17H29N3S. The number of nitrogens with one attached hydrogen (secondary N) is 1. The van der Waals surface area contributed by atoms with Gasteiger partial charge in [0.1, 0.15) is 5.01 Å². The van der Waals surface area contributed by atoms with Gasteiger partial charge in [0.2, 0.25) is 0 Å². The van der Waals surface area contributed by atoms with Crippen LogP contribution in [0.5, 0.6) is 0 Å². The Morgan fingerprint density at radius 3 is 2.43 bits per heavy atom. The summed E-state index contributed by atoms with van der Waals surface area (Å²) in [5.74, 6) is 0.762. The second-order valence-electron chi connectivity index (χ2n) is 7.36. The normalized spacial score (nSPS) is 22.9. The molecule has 1 saturated carbocycles. The Labute approximate surface area is 133 Å². The standard InChI is InChI=1S/C17H29N3S/c1-12(2)11-20-9-7-17(8-10-20,19-15-5-6-15)16-18-13(3)14(4)21-16/h12,15,19H,5-11H2,1-4H3.